The Bertz CT molecular complexity index is 269. The molecule has 2 aliphatic rings. The van der Waals surface area contributed by atoms with E-state index in [1.54, 1.807) is 4.90 Å². The Labute approximate surface area is 102 Å². The number of nitrogens with one attached hydrogen (secondary N) is 1. The van der Waals surface area contributed by atoms with E-state index in [4.69, 9.17) is 0 Å². The summed E-state index contributed by atoms with van der Waals surface area (Å²) in [6, 6.07) is 0.537. The van der Waals surface area contributed by atoms with E-state index in [-0.39, 0.29) is 5.91 Å². The topological polar surface area (TPSA) is 52.7 Å². The van der Waals surface area contributed by atoms with Gasteiger partial charge in [-0.25, -0.2) is 0 Å². The van der Waals surface area contributed by atoms with Crippen molar-refractivity contribution < 1.29 is 9.59 Å². The molecule has 2 amide bonds. The molecule has 0 spiro atoms. The van der Waals surface area contributed by atoms with Crippen molar-refractivity contribution >= 4 is 12.3 Å². The SMILES string of the molecule is O=CN1CCN(C(=O)CNC2CCCC2)CC1. The van der Waals surface area contributed by atoms with Crippen molar-refractivity contribution in [1.82, 2.24) is 15.1 Å². The number of nitrogens with zero attached hydrogens (tertiary/aromatic N) is 2. The van der Waals surface area contributed by atoms with E-state index in [0.29, 0.717) is 38.8 Å². The molecule has 1 aliphatic heterocycles. The smallest absolute Gasteiger partial charge is 0.236 e. The van der Waals surface area contributed by atoms with Gasteiger partial charge >= 0.3 is 0 Å². The summed E-state index contributed by atoms with van der Waals surface area (Å²) in [4.78, 5) is 26.0. The van der Waals surface area contributed by atoms with Crippen LogP contribution in [0.1, 0.15) is 25.7 Å². The van der Waals surface area contributed by atoms with Crippen LogP contribution in [-0.4, -0.2) is 60.9 Å². The normalized spacial score (nSPS) is 21.9. The van der Waals surface area contributed by atoms with Crippen molar-refractivity contribution in [3.63, 3.8) is 0 Å². The van der Waals surface area contributed by atoms with Crippen LogP contribution in [-0.2, 0) is 9.59 Å². The molecule has 0 radical (unpaired) electrons. The van der Waals surface area contributed by atoms with Crippen LogP contribution in [0.15, 0.2) is 0 Å². The lowest BCUT2D eigenvalue weighted by Crippen LogP contribution is -2.50. The maximum atomic E-state index is 11.9. The predicted octanol–water partition coefficient (Wildman–Crippen LogP) is -0.181. The summed E-state index contributed by atoms with van der Waals surface area (Å²) in [5.41, 5.74) is 0. The van der Waals surface area contributed by atoms with Crippen molar-refractivity contribution in [3.8, 4) is 0 Å². The van der Waals surface area contributed by atoms with Gasteiger partial charge in [-0.15, -0.1) is 0 Å². The largest absolute Gasteiger partial charge is 0.342 e. The van der Waals surface area contributed by atoms with Crippen molar-refractivity contribution in [2.24, 2.45) is 0 Å². The minimum Gasteiger partial charge on any atom is -0.342 e. The van der Waals surface area contributed by atoms with E-state index in [1.807, 2.05) is 4.90 Å². The van der Waals surface area contributed by atoms with Gasteiger partial charge in [0.05, 0.1) is 6.54 Å². The Morgan fingerprint density at radius 3 is 2.41 bits per heavy atom. The van der Waals surface area contributed by atoms with E-state index in [0.717, 1.165) is 6.41 Å². The first-order chi connectivity index (χ1) is 8.29. The fraction of sp³-hybridized carbons (Fsp3) is 0.833. The van der Waals surface area contributed by atoms with Crippen molar-refractivity contribution in [2.75, 3.05) is 32.7 Å². The second-order valence-corrected chi connectivity index (χ2v) is 4.88. The van der Waals surface area contributed by atoms with Crippen LogP contribution in [0.25, 0.3) is 0 Å². The molecular weight excluding hydrogens is 218 g/mol. The van der Waals surface area contributed by atoms with Crippen LogP contribution in [0.4, 0.5) is 0 Å². The van der Waals surface area contributed by atoms with Crippen LogP contribution in [0.3, 0.4) is 0 Å². The summed E-state index contributed by atoms with van der Waals surface area (Å²) < 4.78 is 0. The van der Waals surface area contributed by atoms with Crippen LogP contribution < -0.4 is 5.32 Å². The molecule has 2 fully saturated rings. The Hall–Kier alpha value is -1.10. The molecule has 0 aromatic heterocycles. The van der Waals surface area contributed by atoms with Gasteiger partial charge in [0.15, 0.2) is 0 Å². The lowest BCUT2D eigenvalue weighted by molar-refractivity contribution is -0.134. The van der Waals surface area contributed by atoms with Crippen LogP contribution in [0.2, 0.25) is 0 Å². The molecule has 17 heavy (non-hydrogen) atoms. The number of carbonyl (C=O) groups is 2. The number of rotatable bonds is 4. The van der Waals surface area contributed by atoms with Gasteiger partial charge < -0.3 is 15.1 Å². The highest BCUT2D eigenvalue weighted by Gasteiger charge is 2.21. The van der Waals surface area contributed by atoms with Crippen LogP contribution in [0, 0.1) is 0 Å². The first kappa shape index (κ1) is 12.4. The summed E-state index contributed by atoms with van der Waals surface area (Å²) in [7, 11) is 0. The van der Waals surface area contributed by atoms with E-state index in [9.17, 15) is 9.59 Å². The molecule has 1 saturated carbocycles. The minimum absolute atomic E-state index is 0.169. The van der Waals surface area contributed by atoms with E-state index in [1.165, 1.54) is 25.7 Å². The second-order valence-electron chi connectivity index (χ2n) is 4.88. The molecule has 0 bridgehead atoms. The monoisotopic (exact) mass is 239 g/mol. The molecule has 96 valence electrons. The Kier molecular flexibility index (Phi) is 4.36. The van der Waals surface area contributed by atoms with Gasteiger partial charge in [-0.3, -0.25) is 9.59 Å². The fourth-order valence-electron chi connectivity index (χ4n) is 2.55. The van der Waals surface area contributed by atoms with Gasteiger partial charge in [-0.2, -0.15) is 0 Å². The quantitative estimate of drug-likeness (QED) is 0.692. The molecule has 2 rings (SSSR count). The van der Waals surface area contributed by atoms with Gasteiger partial charge in [0.1, 0.15) is 0 Å². The first-order valence-electron chi connectivity index (χ1n) is 6.50. The zero-order valence-electron chi connectivity index (χ0n) is 10.2. The highest BCUT2D eigenvalue weighted by atomic mass is 16.2. The molecule has 0 aromatic carbocycles. The number of carbonyl (C=O) groups excluding carboxylic acids is 2. The zero-order valence-corrected chi connectivity index (χ0v) is 10.2. The fourth-order valence-corrected chi connectivity index (χ4v) is 2.55. The maximum Gasteiger partial charge on any atom is 0.236 e. The van der Waals surface area contributed by atoms with E-state index < -0.39 is 0 Å². The second kappa shape index (κ2) is 6.00. The van der Waals surface area contributed by atoms with Gasteiger partial charge in [-0.1, -0.05) is 12.8 Å². The summed E-state index contributed by atoms with van der Waals surface area (Å²) in [6.07, 6.45) is 5.82. The zero-order chi connectivity index (χ0) is 12.1. The van der Waals surface area contributed by atoms with E-state index in [2.05, 4.69) is 5.32 Å². The average molecular weight is 239 g/mol. The molecule has 1 aliphatic carbocycles. The molecule has 1 heterocycles. The van der Waals surface area contributed by atoms with Gasteiger partial charge in [0.2, 0.25) is 12.3 Å². The molecule has 5 nitrogen and oxygen atoms in total. The number of amides is 2. The van der Waals surface area contributed by atoms with Gasteiger partial charge in [0, 0.05) is 32.2 Å². The standard InChI is InChI=1S/C12H21N3O2/c16-10-14-5-7-15(8-6-14)12(17)9-13-11-3-1-2-4-11/h10-11,13H,1-9H2. The molecule has 0 unspecified atom stereocenters. The Morgan fingerprint density at radius 1 is 1.18 bits per heavy atom. The minimum atomic E-state index is 0.169. The average Bonchev–Trinajstić information content (AvgIpc) is 2.89. The summed E-state index contributed by atoms with van der Waals surface area (Å²) >= 11 is 0. The maximum absolute atomic E-state index is 11.9. The lowest BCUT2D eigenvalue weighted by atomic mass is 10.2. The van der Waals surface area contributed by atoms with Crippen molar-refractivity contribution in [3.05, 3.63) is 0 Å². The molecule has 1 saturated heterocycles. The molecule has 0 atom stereocenters. The summed E-state index contributed by atoms with van der Waals surface area (Å²) in [5, 5.41) is 3.33. The van der Waals surface area contributed by atoms with E-state index >= 15 is 0 Å². The number of piperazine rings is 1. The van der Waals surface area contributed by atoms with Crippen molar-refractivity contribution in [2.45, 2.75) is 31.7 Å². The van der Waals surface area contributed by atoms with Crippen LogP contribution >= 0.6 is 0 Å². The third-order valence-electron chi connectivity index (χ3n) is 3.71. The number of hydrogen-bond donors (Lipinski definition) is 1. The molecular formula is C12H21N3O2. The Balaban J connectivity index is 1.67. The van der Waals surface area contributed by atoms with Gasteiger partial charge in [-0.05, 0) is 12.8 Å². The Morgan fingerprint density at radius 2 is 1.82 bits per heavy atom. The molecule has 0 aromatic rings. The summed E-state index contributed by atoms with van der Waals surface area (Å²) in [5.74, 6) is 0.169. The van der Waals surface area contributed by atoms with Crippen molar-refractivity contribution in [1.29, 1.82) is 0 Å². The highest BCUT2D eigenvalue weighted by Crippen LogP contribution is 2.17. The summed E-state index contributed by atoms with van der Waals surface area (Å²) in [6.45, 7) is 3.12. The lowest BCUT2D eigenvalue weighted by Gasteiger charge is -2.32. The third kappa shape index (κ3) is 3.43. The highest BCUT2D eigenvalue weighted by molar-refractivity contribution is 5.78. The first-order valence-corrected chi connectivity index (χ1v) is 6.50. The third-order valence-corrected chi connectivity index (χ3v) is 3.71. The van der Waals surface area contributed by atoms with Gasteiger partial charge in [0.25, 0.3) is 0 Å². The molecule has 5 heteroatoms. The number of hydrogen-bond acceptors (Lipinski definition) is 3. The molecule has 1 N–H and O–H groups in total. The predicted molar refractivity (Wildman–Crippen MR) is 64.5 cm³/mol. The van der Waals surface area contributed by atoms with Crippen LogP contribution in [0.5, 0.6) is 0 Å².